The summed E-state index contributed by atoms with van der Waals surface area (Å²) >= 11 is 0. The number of aromatic nitrogens is 2. The summed E-state index contributed by atoms with van der Waals surface area (Å²) in [7, 11) is 2.05. The number of hydrogen-bond acceptors (Lipinski definition) is 5. The fourth-order valence-electron chi connectivity index (χ4n) is 3.50. The molecular weight excluding hydrogens is 330 g/mol. The van der Waals surface area contributed by atoms with Crippen molar-refractivity contribution in [1.82, 2.24) is 19.6 Å². The summed E-state index contributed by atoms with van der Waals surface area (Å²) in [5.41, 5.74) is 2.18. The number of nitrogens with zero attached hydrogens (tertiary/aromatic N) is 5. The molecule has 1 N–H and O–H groups in total. The van der Waals surface area contributed by atoms with Gasteiger partial charge in [0.25, 0.3) is 5.91 Å². The van der Waals surface area contributed by atoms with Crippen LogP contribution < -0.4 is 0 Å². The highest BCUT2D eigenvalue weighted by Gasteiger charge is 2.34. The van der Waals surface area contributed by atoms with Gasteiger partial charge in [-0.2, -0.15) is 5.10 Å². The number of piperazine rings is 1. The van der Waals surface area contributed by atoms with Gasteiger partial charge in [0.2, 0.25) is 0 Å². The fraction of sp³-hybridized carbons (Fsp3) is 0.421. The Bertz CT molecular complexity index is 837. The largest absolute Gasteiger partial charge is 0.371 e. The highest BCUT2D eigenvalue weighted by Crippen LogP contribution is 2.34. The van der Waals surface area contributed by atoms with Gasteiger partial charge in [-0.3, -0.25) is 4.79 Å². The van der Waals surface area contributed by atoms with E-state index < -0.39 is 6.23 Å². The van der Waals surface area contributed by atoms with Crippen LogP contribution in [0.25, 0.3) is 0 Å². The molecule has 1 aromatic heterocycles. The maximum atomic E-state index is 13.0. The second-order valence-corrected chi connectivity index (χ2v) is 6.99. The van der Waals surface area contributed by atoms with E-state index in [2.05, 4.69) is 17.0 Å². The van der Waals surface area contributed by atoms with Gasteiger partial charge in [-0.25, -0.2) is 9.67 Å². The van der Waals surface area contributed by atoms with Gasteiger partial charge in [0.15, 0.2) is 12.0 Å². The number of carbonyl (C=O) groups is 1. The molecule has 2 aliphatic rings. The van der Waals surface area contributed by atoms with Crippen molar-refractivity contribution in [2.45, 2.75) is 13.2 Å². The SMILES string of the molecule is CC1C(c2ccccc2)=Nc2c(C(=O)N3CCN(C)CC3)cnn2C1O. The lowest BCUT2D eigenvalue weighted by Crippen LogP contribution is -2.47. The summed E-state index contributed by atoms with van der Waals surface area (Å²) in [5, 5.41) is 14.9. The minimum absolute atomic E-state index is 0.0720. The molecule has 1 saturated heterocycles. The second-order valence-electron chi connectivity index (χ2n) is 6.99. The molecule has 1 aromatic carbocycles. The van der Waals surface area contributed by atoms with Gasteiger partial charge in [-0.15, -0.1) is 0 Å². The van der Waals surface area contributed by atoms with Crippen molar-refractivity contribution in [1.29, 1.82) is 0 Å². The summed E-state index contributed by atoms with van der Waals surface area (Å²) in [6, 6.07) is 9.77. The van der Waals surface area contributed by atoms with E-state index >= 15 is 0 Å². The van der Waals surface area contributed by atoms with E-state index in [9.17, 15) is 9.90 Å². The van der Waals surface area contributed by atoms with Gasteiger partial charge in [-0.05, 0) is 12.6 Å². The summed E-state index contributed by atoms with van der Waals surface area (Å²) in [5.74, 6) is 0.159. The molecule has 0 radical (unpaired) electrons. The normalized spacial score (nSPS) is 23.5. The molecule has 7 heteroatoms. The minimum Gasteiger partial charge on any atom is -0.371 e. The molecule has 2 aromatic rings. The molecule has 1 amide bonds. The average Bonchev–Trinajstić information content (AvgIpc) is 3.09. The molecule has 3 heterocycles. The lowest BCUT2D eigenvalue weighted by molar-refractivity contribution is 0.0609. The second kappa shape index (κ2) is 6.66. The highest BCUT2D eigenvalue weighted by atomic mass is 16.3. The maximum absolute atomic E-state index is 13.0. The Morgan fingerprint density at radius 2 is 1.85 bits per heavy atom. The van der Waals surface area contributed by atoms with Crippen LogP contribution in [0.1, 0.15) is 29.1 Å². The number of hydrogen-bond donors (Lipinski definition) is 1. The molecule has 4 rings (SSSR count). The molecule has 2 aliphatic heterocycles. The van der Waals surface area contributed by atoms with Crippen molar-refractivity contribution in [3.05, 3.63) is 47.7 Å². The van der Waals surface area contributed by atoms with Crippen molar-refractivity contribution < 1.29 is 9.90 Å². The van der Waals surface area contributed by atoms with Crippen LogP contribution in [-0.2, 0) is 0 Å². The number of likely N-dealkylation sites (N-methyl/N-ethyl adjacent to an activating group) is 1. The first kappa shape index (κ1) is 16.9. The van der Waals surface area contributed by atoms with Crippen LogP contribution in [0.3, 0.4) is 0 Å². The third-order valence-corrected chi connectivity index (χ3v) is 5.22. The number of carbonyl (C=O) groups excluding carboxylic acids is 1. The number of fused-ring (bicyclic) bond motifs is 1. The zero-order valence-electron chi connectivity index (χ0n) is 15.0. The third kappa shape index (κ3) is 2.83. The van der Waals surface area contributed by atoms with E-state index in [1.165, 1.54) is 10.9 Å². The lowest BCUT2D eigenvalue weighted by Gasteiger charge is -2.32. The van der Waals surface area contributed by atoms with Gasteiger partial charge in [0.05, 0.1) is 11.9 Å². The molecule has 2 unspecified atom stereocenters. The smallest absolute Gasteiger partial charge is 0.259 e. The molecule has 1 fully saturated rings. The van der Waals surface area contributed by atoms with Crippen LogP contribution in [-0.4, -0.2) is 69.5 Å². The Morgan fingerprint density at radius 1 is 1.15 bits per heavy atom. The number of amides is 1. The van der Waals surface area contributed by atoms with Crippen LogP contribution in [0, 0.1) is 5.92 Å². The topological polar surface area (TPSA) is 74.0 Å². The monoisotopic (exact) mass is 353 g/mol. The molecule has 136 valence electrons. The van der Waals surface area contributed by atoms with Crippen LogP contribution in [0.2, 0.25) is 0 Å². The van der Waals surface area contributed by atoms with Crippen LogP contribution in [0.4, 0.5) is 5.82 Å². The third-order valence-electron chi connectivity index (χ3n) is 5.22. The Morgan fingerprint density at radius 3 is 2.54 bits per heavy atom. The number of aliphatic imine (C=N–C) groups is 1. The highest BCUT2D eigenvalue weighted by molar-refractivity contribution is 6.06. The summed E-state index contributed by atoms with van der Waals surface area (Å²) in [6.07, 6.45) is 0.690. The van der Waals surface area contributed by atoms with Crippen molar-refractivity contribution in [3.63, 3.8) is 0 Å². The van der Waals surface area contributed by atoms with E-state index in [1.807, 2.05) is 42.2 Å². The van der Waals surface area contributed by atoms with Gasteiger partial charge >= 0.3 is 0 Å². The Hall–Kier alpha value is -2.51. The van der Waals surface area contributed by atoms with Crippen molar-refractivity contribution in [3.8, 4) is 0 Å². The molecule has 0 spiro atoms. The van der Waals surface area contributed by atoms with Gasteiger partial charge in [0.1, 0.15) is 5.56 Å². The zero-order chi connectivity index (χ0) is 18.3. The fourth-order valence-corrected chi connectivity index (χ4v) is 3.50. The zero-order valence-corrected chi connectivity index (χ0v) is 15.0. The van der Waals surface area contributed by atoms with Crippen LogP contribution in [0.15, 0.2) is 41.5 Å². The quantitative estimate of drug-likeness (QED) is 0.889. The minimum atomic E-state index is -0.841. The first-order chi connectivity index (χ1) is 12.6. The molecular formula is C19H23N5O2. The molecule has 7 nitrogen and oxygen atoms in total. The molecule has 0 bridgehead atoms. The first-order valence-corrected chi connectivity index (χ1v) is 8.93. The number of aliphatic hydroxyl groups excluding tert-OH is 1. The Balaban J connectivity index is 1.71. The molecule has 0 aliphatic carbocycles. The van der Waals surface area contributed by atoms with Gasteiger partial charge < -0.3 is 14.9 Å². The number of aliphatic hydroxyl groups is 1. The Labute approximate surface area is 152 Å². The van der Waals surface area contributed by atoms with Crippen LogP contribution >= 0.6 is 0 Å². The average molecular weight is 353 g/mol. The van der Waals surface area contributed by atoms with Crippen LogP contribution in [0.5, 0.6) is 0 Å². The van der Waals surface area contributed by atoms with E-state index in [-0.39, 0.29) is 11.8 Å². The molecule has 2 atom stereocenters. The van der Waals surface area contributed by atoms with Crippen molar-refractivity contribution in [2.24, 2.45) is 10.9 Å². The van der Waals surface area contributed by atoms with E-state index in [0.29, 0.717) is 24.5 Å². The standard InChI is InChI=1S/C19H23N5O2/c1-13-16(14-6-4-3-5-7-14)21-17-15(12-20-24(17)18(13)25)19(26)23-10-8-22(2)9-11-23/h3-7,12-13,18,25H,8-11H2,1-2H3. The van der Waals surface area contributed by atoms with Crippen molar-refractivity contribution in [2.75, 3.05) is 33.2 Å². The summed E-state index contributed by atoms with van der Waals surface area (Å²) in [6.45, 7) is 5.01. The summed E-state index contributed by atoms with van der Waals surface area (Å²) in [4.78, 5) is 21.7. The van der Waals surface area contributed by atoms with E-state index in [0.717, 1.165) is 24.4 Å². The lowest BCUT2D eigenvalue weighted by atomic mass is 9.95. The van der Waals surface area contributed by atoms with Gasteiger partial charge in [-0.1, -0.05) is 37.3 Å². The van der Waals surface area contributed by atoms with E-state index in [1.54, 1.807) is 0 Å². The van der Waals surface area contributed by atoms with Crippen molar-refractivity contribution >= 4 is 17.4 Å². The Kier molecular flexibility index (Phi) is 4.34. The predicted octanol–water partition coefficient (Wildman–Crippen LogP) is 1.53. The molecule has 26 heavy (non-hydrogen) atoms. The number of rotatable bonds is 2. The predicted molar refractivity (Wildman–Crippen MR) is 98.7 cm³/mol. The maximum Gasteiger partial charge on any atom is 0.259 e. The van der Waals surface area contributed by atoms with Gasteiger partial charge in [0, 0.05) is 32.1 Å². The molecule has 0 saturated carbocycles. The first-order valence-electron chi connectivity index (χ1n) is 8.93. The van der Waals surface area contributed by atoms with E-state index in [4.69, 9.17) is 4.99 Å². The summed E-state index contributed by atoms with van der Waals surface area (Å²) < 4.78 is 1.46. The number of benzene rings is 1.